The maximum Gasteiger partial charge on any atom is 0.0698 e. The normalized spacial score (nSPS) is 10.4. The van der Waals surface area contributed by atoms with Gasteiger partial charge in [-0.25, -0.2) is 0 Å². The molecule has 0 aliphatic carbocycles. The molecule has 2 rings (SSSR count). The number of hydrogen-bond donors (Lipinski definition) is 1. The van der Waals surface area contributed by atoms with Gasteiger partial charge in [0.25, 0.3) is 0 Å². The quantitative estimate of drug-likeness (QED) is 0.739. The van der Waals surface area contributed by atoms with Crippen LogP contribution in [0.4, 0.5) is 0 Å². The first-order valence-electron chi connectivity index (χ1n) is 4.31. The van der Waals surface area contributed by atoms with Gasteiger partial charge in [0, 0.05) is 25.4 Å². The zero-order chi connectivity index (χ0) is 9.97. The molecule has 0 spiro atoms. The Bertz CT molecular complexity index is 434. The molecule has 5 heteroatoms. The van der Waals surface area contributed by atoms with E-state index in [1.807, 2.05) is 13.1 Å². The van der Waals surface area contributed by atoms with Gasteiger partial charge in [0.05, 0.1) is 18.1 Å². The highest BCUT2D eigenvalue weighted by Crippen LogP contribution is 2.20. The number of rotatable bonds is 2. The Kier molecular flexibility index (Phi) is 2.24. The molecule has 14 heavy (non-hydrogen) atoms. The second-order valence-corrected chi connectivity index (χ2v) is 2.97. The van der Waals surface area contributed by atoms with Crippen LogP contribution in [-0.4, -0.2) is 20.0 Å². The van der Waals surface area contributed by atoms with Gasteiger partial charge in [0.1, 0.15) is 0 Å². The van der Waals surface area contributed by atoms with E-state index < -0.39 is 0 Å². The van der Waals surface area contributed by atoms with Crippen LogP contribution in [0.2, 0.25) is 0 Å². The monoisotopic (exact) mass is 189 g/mol. The highest BCUT2D eigenvalue weighted by atomic mass is 15.3. The van der Waals surface area contributed by atoms with Crippen LogP contribution in [0.5, 0.6) is 0 Å². The summed E-state index contributed by atoms with van der Waals surface area (Å²) in [6.45, 7) is 0.454. The summed E-state index contributed by atoms with van der Waals surface area (Å²) in [7, 11) is 1.88. The lowest BCUT2D eigenvalue weighted by atomic mass is 10.1. The molecule has 2 aromatic rings. The third kappa shape index (κ3) is 1.38. The average molecular weight is 189 g/mol. The van der Waals surface area contributed by atoms with Crippen molar-refractivity contribution in [2.45, 2.75) is 6.54 Å². The Hall–Kier alpha value is -1.75. The maximum atomic E-state index is 5.61. The summed E-state index contributed by atoms with van der Waals surface area (Å²) in [6.07, 6.45) is 5.14. The number of aryl methyl sites for hydroxylation is 1. The lowest BCUT2D eigenvalue weighted by molar-refractivity contribution is 0.773. The molecule has 0 aliphatic rings. The lowest BCUT2D eigenvalue weighted by Crippen LogP contribution is -2.03. The van der Waals surface area contributed by atoms with E-state index in [2.05, 4.69) is 15.3 Å². The highest BCUT2D eigenvalue weighted by Gasteiger charge is 2.07. The predicted molar refractivity (Wildman–Crippen MR) is 52.1 cm³/mol. The number of hydrogen-bond acceptors (Lipinski definition) is 4. The van der Waals surface area contributed by atoms with Crippen LogP contribution in [0.25, 0.3) is 11.3 Å². The maximum absolute atomic E-state index is 5.61. The zero-order valence-corrected chi connectivity index (χ0v) is 7.88. The molecular weight excluding hydrogens is 178 g/mol. The highest BCUT2D eigenvalue weighted by molar-refractivity contribution is 5.61. The average Bonchev–Trinajstić information content (AvgIpc) is 2.64. The van der Waals surface area contributed by atoms with Crippen molar-refractivity contribution in [2.75, 3.05) is 0 Å². The van der Waals surface area contributed by atoms with Crippen molar-refractivity contribution < 1.29 is 0 Å². The third-order valence-electron chi connectivity index (χ3n) is 2.13. The Labute approximate surface area is 81.6 Å². The fraction of sp³-hybridized carbons (Fsp3) is 0.222. The van der Waals surface area contributed by atoms with Gasteiger partial charge >= 0.3 is 0 Å². The van der Waals surface area contributed by atoms with Crippen molar-refractivity contribution in [2.24, 2.45) is 12.8 Å². The van der Waals surface area contributed by atoms with Gasteiger partial charge < -0.3 is 5.73 Å². The van der Waals surface area contributed by atoms with Crippen LogP contribution in [0.1, 0.15) is 5.56 Å². The van der Waals surface area contributed by atoms with Gasteiger partial charge in [-0.05, 0) is 11.6 Å². The Morgan fingerprint density at radius 3 is 2.79 bits per heavy atom. The summed E-state index contributed by atoms with van der Waals surface area (Å²) in [5.41, 5.74) is 8.57. The Morgan fingerprint density at radius 2 is 2.14 bits per heavy atom. The predicted octanol–water partition coefficient (Wildman–Crippen LogP) is 0.336. The van der Waals surface area contributed by atoms with E-state index >= 15 is 0 Å². The van der Waals surface area contributed by atoms with E-state index in [0.717, 1.165) is 16.8 Å². The van der Waals surface area contributed by atoms with Crippen LogP contribution >= 0.6 is 0 Å². The van der Waals surface area contributed by atoms with Gasteiger partial charge in [0.15, 0.2) is 0 Å². The summed E-state index contributed by atoms with van der Waals surface area (Å²) >= 11 is 0. The first kappa shape index (κ1) is 8.83. The Morgan fingerprint density at radius 1 is 1.36 bits per heavy atom. The standard InChI is InChI=1S/C9H11N5/c1-14-9(2-3-13-14)8-6-12-11-5-7(8)4-10/h2-3,5-6H,4,10H2,1H3. The minimum absolute atomic E-state index is 0.454. The molecule has 0 amide bonds. The fourth-order valence-corrected chi connectivity index (χ4v) is 1.38. The molecule has 0 aliphatic heterocycles. The summed E-state index contributed by atoms with van der Waals surface area (Å²) in [5, 5.41) is 11.7. The molecule has 0 radical (unpaired) electrons. The first-order chi connectivity index (χ1) is 6.83. The van der Waals surface area contributed by atoms with Gasteiger partial charge in [-0.15, -0.1) is 0 Å². The molecule has 2 aromatic heterocycles. The van der Waals surface area contributed by atoms with Crippen molar-refractivity contribution in [3.63, 3.8) is 0 Å². The van der Waals surface area contributed by atoms with Gasteiger partial charge in [0.2, 0.25) is 0 Å². The minimum atomic E-state index is 0.454. The van der Waals surface area contributed by atoms with E-state index in [-0.39, 0.29) is 0 Å². The van der Waals surface area contributed by atoms with Crippen LogP contribution in [0.3, 0.4) is 0 Å². The Balaban J connectivity index is 2.56. The van der Waals surface area contributed by atoms with Crippen molar-refractivity contribution in [3.05, 3.63) is 30.2 Å². The summed E-state index contributed by atoms with van der Waals surface area (Å²) in [6, 6.07) is 1.93. The smallest absolute Gasteiger partial charge is 0.0698 e. The van der Waals surface area contributed by atoms with Crippen LogP contribution in [0, 0.1) is 0 Å². The van der Waals surface area contributed by atoms with Crippen molar-refractivity contribution in [1.82, 2.24) is 20.0 Å². The van der Waals surface area contributed by atoms with E-state index in [9.17, 15) is 0 Å². The fourth-order valence-electron chi connectivity index (χ4n) is 1.38. The van der Waals surface area contributed by atoms with E-state index in [4.69, 9.17) is 5.73 Å². The van der Waals surface area contributed by atoms with Gasteiger partial charge in [-0.1, -0.05) is 0 Å². The second kappa shape index (κ2) is 3.55. The van der Waals surface area contributed by atoms with E-state index in [1.54, 1.807) is 23.3 Å². The molecule has 72 valence electrons. The largest absolute Gasteiger partial charge is 0.326 e. The number of aromatic nitrogens is 4. The molecule has 0 aromatic carbocycles. The molecule has 0 saturated heterocycles. The zero-order valence-electron chi connectivity index (χ0n) is 7.88. The first-order valence-corrected chi connectivity index (χ1v) is 4.31. The van der Waals surface area contributed by atoms with Crippen molar-refractivity contribution in [1.29, 1.82) is 0 Å². The minimum Gasteiger partial charge on any atom is -0.326 e. The topological polar surface area (TPSA) is 69.6 Å². The molecule has 0 fully saturated rings. The second-order valence-electron chi connectivity index (χ2n) is 2.97. The number of nitrogens with zero attached hydrogens (tertiary/aromatic N) is 4. The summed E-state index contributed by atoms with van der Waals surface area (Å²) < 4.78 is 1.79. The summed E-state index contributed by atoms with van der Waals surface area (Å²) in [5.74, 6) is 0. The molecule has 0 bridgehead atoms. The van der Waals surface area contributed by atoms with Crippen molar-refractivity contribution in [3.8, 4) is 11.3 Å². The molecule has 0 saturated carbocycles. The van der Waals surface area contributed by atoms with E-state index in [1.165, 1.54) is 0 Å². The third-order valence-corrected chi connectivity index (χ3v) is 2.13. The molecular formula is C9H11N5. The lowest BCUT2D eigenvalue weighted by Gasteiger charge is -2.05. The van der Waals surface area contributed by atoms with Crippen LogP contribution < -0.4 is 5.73 Å². The number of nitrogens with two attached hydrogens (primary N) is 1. The van der Waals surface area contributed by atoms with Crippen LogP contribution in [0.15, 0.2) is 24.7 Å². The molecule has 0 unspecified atom stereocenters. The van der Waals surface area contributed by atoms with Gasteiger partial charge in [-0.3, -0.25) is 4.68 Å². The molecule has 2 N–H and O–H groups in total. The summed E-state index contributed by atoms with van der Waals surface area (Å²) in [4.78, 5) is 0. The molecule has 2 heterocycles. The molecule has 0 atom stereocenters. The van der Waals surface area contributed by atoms with Crippen molar-refractivity contribution >= 4 is 0 Å². The van der Waals surface area contributed by atoms with Crippen LogP contribution in [-0.2, 0) is 13.6 Å². The van der Waals surface area contributed by atoms with E-state index in [0.29, 0.717) is 6.54 Å². The SMILES string of the molecule is Cn1nccc1-c1cnncc1CN. The molecule has 5 nitrogen and oxygen atoms in total. The van der Waals surface area contributed by atoms with Gasteiger partial charge in [-0.2, -0.15) is 15.3 Å².